The van der Waals surface area contributed by atoms with Gasteiger partial charge in [0.25, 0.3) is 0 Å². The first-order chi connectivity index (χ1) is 4.91. The number of hydrogen-bond acceptors (Lipinski definition) is 1. The fourth-order valence-electron chi connectivity index (χ4n) is 0.608. The molecule has 0 bridgehead atoms. The van der Waals surface area contributed by atoms with Gasteiger partial charge < -0.3 is 4.74 Å². The third-order valence-corrected chi connectivity index (χ3v) is 1.33. The summed E-state index contributed by atoms with van der Waals surface area (Å²) >= 11 is 5.37. The molecular formula is C8H15ClO. The van der Waals surface area contributed by atoms with Gasteiger partial charge in [0.15, 0.2) is 0 Å². The number of rotatable bonds is 6. The molecule has 0 atom stereocenters. The number of hydrogen-bond donors (Lipinski definition) is 0. The van der Waals surface area contributed by atoms with Crippen LogP contribution in [0.25, 0.3) is 0 Å². The van der Waals surface area contributed by atoms with Gasteiger partial charge in [-0.3, -0.25) is 0 Å². The number of alkyl halides is 1. The van der Waals surface area contributed by atoms with Crippen molar-refractivity contribution < 1.29 is 4.74 Å². The standard InChI is InChI=1S/C8H15ClO/c1-2-3-4-7-10-8-5-6-9/h5,8H,2-4,6-7H2,1H3/b8-5+. The molecule has 60 valence electrons. The van der Waals surface area contributed by atoms with Crippen LogP contribution in [0.5, 0.6) is 0 Å². The second kappa shape index (κ2) is 8.83. The topological polar surface area (TPSA) is 9.23 Å². The molecule has 1 nitrogen and oxygen atoms in total. The van der Waals surface area contributed by atoms with Crippen LogP contribution < -0.4 is 0 Å². The molecule has 0 saturated carbocycles. The predicted molar refractivity (Wildman–Crippen MR) is 45.3 cm³/mol. The zero-order valence-corrected chi connectivity index (χ0v) is 7.23. The van der Waals surface area contributed by atoms with Gasteiger partial charge in [0.05, 0.1) is 12.9 Å². The lowest BCUT2D eigenvalue weighted by Crippen LogP contribution is -1.86. The van der Waals surface area contributed by atoms with Crippen molar-refractivity contribution in [3.63, 3.8) is 0 Å². The molecular weight excluding hydrogens is 148 g/mol. The zero-order chi connectivity index (χ0) is 7.66. The predicted octanol–water partition coefficient (Wildman–Crippen LogP) is 2.95. The van der Waals surface area contributed by atoms with Crippen molar-refractivity contribution in [3.8, 4) is 0 Å². The lowest BCUT2D eigenvalue weighted by molar-refractivity contribution is 0.241. The molecule has 0 rings (SSSR count). The lowest BCUT2D eigenvalue weighted by atomic mass is 10.3. The summed E-state index contributed by atoms with van der Waals surface area (Å²) in [6, 6.07) is 0. The van der Waals surface area contributed by atoms with Crippen molar-refractivity contribution in [2.24, 2.45) is 0 Å². The Bertz CT molecular complexity index is 81.3. The first-order valence-corrected chi connectivity index (χ1v) is 4.27. The Labute approximate surface area is 68.0 Å². The first kappa shape index (κ1) is 9.83. The van der Waals surface area contributed by atoms with Crippen LogP contribution in [0.4, 0.5) is 0 Å². The molecule has 0 aromatic heterocycles. The Hall–Kier alpha value is -0.170. The van der Waals surface area contributed by atoms with Gasteiger partial charge in [-0.15, -0.1) is 11.6 Å². The molecule has 0 aliphatic carbocycles. The average Bonchev–Trinajstić information content (AvgIpc) is 1.97. The molecule has 0 aromatic carbocycles. The number of halogens is 1. The Morgan fingerprint density at radius 2 is 2.20 bits per heavy atom. The molecule has 0 unspecified atom stereocenters. The van der Waals surface area contributed by atoms with Gasteiger partial charge in [-0.1, -0.05) is 19.8 Å². The summed E-state index contributed by atoms with van der Waals surface area (Å²) in [5, 5.41) is 0. The highest BCUT2D eigenvalue weighted by Gasteiger charge is 1.82. The normalized spacial score (nSPS) is 10.6. The van der Waals surface area contributed by atoms with Crippen molar-refractivity contribution in [2.75, 3.05) is 12.5 Å². The van der Waals surface area contributed by atoms with Crippen molar-refractivity contribution >= 4 is 11.6 Å². The Morgan fingerprint density at radius 3 is 2.80 bits per heavy atom. The second-order valence-corrected chi connectivity index (χ2v) is 2.41. The Morgan fingerprint density at radius 1 is 1.40 bits per heavy atom. The first-order valence-electron chi connectivity index (χ1n) is 3.74. The number of unbranched alkanes of at least 4 members (excludes halogenated alkanes) is 2. The molecule has 2 heteroatoms. The summed E-state index contributed by atoms with van der Waals surface area (Å²) in [6.07, 6.45) is 7.09. The smallest absolute Gasteiger partial charge is 0.0873 e. The van der Waals surface area contributed by atoms with Crippen LogP contribution in [0.15, 0.2) is 12.3 Å². The monoisotopic (exact) mass is 162 g/mol. The number of ether oxygens (including phenoxy) is 1. The maximum Gasteiger partial charge on any atom is 0.0873 e. The molecule has 0 N–H and O–H groups in total. The minimum absolute atomic E-state index is 0.535. The van der Waals surface area contributed by atoms with Crippen LogP contribution >= 0.6 is 11.6 Å². The zero-order valence-electron chi connectivity index (χ0n) is 6.48. The highest BCUT2D eigenvalue weighted by atomic mass is 35.5. The lowest BCUT2D eigenvalue weighted by Gasteiger charge is -1.97. The molecule has 0 heterocycles. The van der Waals surface area contributed by atoms with E-state index in [4.69, 9.17) is 16.3 Å². The van der Waals surface area contributed by atoms with Crippen molar-refractivity contribution in [3.05, 3.63) is 12.3 Å². The van der Waals surface area contributed by atoms with E-state index in [0.29, 0.717) is 5.88 Å². The molecule has 0 spiro atoms. The maximum absolute atomic E-state index is 5.37. The van der Waals surface area contributed by atoms with Crippen LogP contribution in [0.2, 0.25) is 0 Å². The van der Waals surface area contributed by atoms with Crippen LogP contribution in [-0.4, -0.2) is 12.5 Å². The minimum Gasteiger partial charge on any atom is -0.501 e. The van der Waals surface area contributed by atoms with Crippen LogP contribution in [0.1, 0.15) is 26.2 Å². The largest absolute Gasteiger partial charge is 0.501 e. The van der Waals surface area contributed by atoms with E-state index in [1.165, 1.54) is 12.8 Å². The van der Waals surface area contributed by atoms with Gasteiger partial charge in [0.1, 0.15) is 0 Å². The molecule has 0 aliphatic rings. The van der Waals surface area contributed by atoms with E-state index in [1.54, 1.807) is 12.3 Å². The molecule has 10 heavy (non-hydrogen) atoms. The summed E-state index contributed by atoms with van der Waals surface area (Å²) in [4.78, 5) is 0. The molecule has 0 radical (unpaired) electrons. The van der Waals surface area contributed by atoms with Gasteiger partial charge in [0.2, 0.25) is 0 Å². The SMILES string of the molecule is CCCCCO/C=C/CCl. The Balaban J connectivity index is 2.83. The van der Waals surface area contributed by atoms with Gasteiger partial charge in [0, 0.05) is 5.88 Å². The maximum atomic E-state index is 5.37. The molecule has 0 aliphatic heterocycles. The summed E-state index contributed by atoms with van der Waals surface area (Å²) in [7, 11) is 0. The van der Waals surface area contributed by atoms with E-state index < -0.39 is 0 Å². The molecule has 0 aromatic rings. The van der Waals surface area contributed by atoms with E-state index in [2.05, 4.69) is 6.92 Å². The van der Waals surface area contributed by atoms with Crippen molar-refractivity contribution in [2.45, 2.75) is 26.2 Å². The summed E-state index contributed by atoms with van der Waals surface area (Å²) in [6.45, 7) is 3.00. The van der Waals surface area contributed by atoms with E-state index >= 15 is 0 Å². The van der Waals surface area contributed by atoms with Crippen molar-refractivity contribution in [1.29, 1.82) is 0 Å². The number of allylic oxidation sites excluding steroid dienone is 1. The Kier molecular flexibility index (Phi) is 8.68. The van der Waals surface area contributed by atoms with Crippen molar-refractivity contribution in [1.82, 2.24) is 0 Å². The van der Waals surface area contributed by atoms with Crippen LogP contribution in [-0.2, 0) is 4.74 Å². The van der Waals surface area contributed by atoms with E-state index in [0.717, 1.165) is 13.0 Å². The summed E-state index contributed by atoms with van der Waals surface area (Å²) in [5.74, 6) is 0.535. The van der Waals surface area contributed by atoms with E-state index in [1.807, 2.05) is 0 Å². The third-order valence-electron chi connectivity index (χ3n) is 1.15. The molecule has 0 fully saturated rings. The van der Waals surface area contributed by atoms with Gasteiger partial charge >= 0.3 is 0 Å². The average molecular weight is 163 g/mol. The fraction of sp³-hybridized carbons (Fsp3) is 0.750. The molecule has 0 saturated heterocycles. The van der Waals surface area contributed by atoms with Gasteiger partial charge in [-0.2, -0.15) is 0 Å². The van der Waals surface area contributed by atoms with Gasteiger partial charge in [-0.05, 0) is 12.5 Å². The highest BCUT2D eigenvalue weighted by molar-refractivity contribution is 6.18. The van der Waals surface area contributed by atoms with Crippen LogP contribution in [0.3, 0.4) is 0 Å². The van der Waals surface area contributed by atoms with Crippen LogP contribution in [0, 0.1) is 0 Å². The van der Waals surface area contributed by atoms with Gasteiger partial charge in [-0.25, -0.2) is 0 Å². The summed E-state index contributed by atoms with van der Waals surface area (Å²) < 4.78 is 5.11. The molecule has 0 amide bonds. The van der Waals surface area contributed by atoms with E-state index in [9.17, 15) is 0 Å². The van der Waals surface area contributed by atoms with E-state index in [-0.39, 0.29) is 0 Å². The quantitative estimate of drug-likeness (QED) is 0.332. The highest BCUT2D eigenvalue weighted by Crippen LogP contribution is 1.94. The minimum atomic E-state index is 0.535. The summed E-state index contributed by atoms with van der Waals surface area (Å²) in [5.41, 5.74) is 0. The second-order valence-electron chi connectivity index (χ2n) is 2.10. The fourth-order valence-corrected chi connectivity index (χ4v) is 0.681. The third kappa shape index (κ3) is 7.83.